The van der Waals surface area contributed by atoms with E-state index in [2.05, 4.69) is 41.3 Å². The van der Waals surface area contributed by atoms with Gasteiger partial charge in [-0.15, -0.1) is 20.4 Å². The van der Waals surface area contributed by atoms with Crippen LogP contribution in [-0.4, -0.2) is 45.4 Å². The highest BCUT2D eigenvalue weighted by atomic mass is 16.5. The molecule has 3 heterocycles. The van der Waals surface area contributed by atoms with E-state index < -0.39 is 5.91 Å². The Morgan fingerprint density at radius 1 is 0.969 bits per heavy atom. The standard InChI is InChI=1S/C21H20N8O3/c1-12-26-29-21(32-12)13-7-6-8-14(19(13)31-3)24-15-11-17(25-16-9-4-5-10-23-16)27-28-18(15)20(30)22-2/h4-11H,1-3H3,(H,22,30)(H2,23,24,25,27). The first kappa shape index (κ1) is 20.7. The van der Waals surface area contributed by atoms with Crippen LogP contribution in [0.25, 0.3) is 11.5 Å². The van der Waals surface area contributed by atoms with E-state index in [0.29, 0.717) is 46.1 Å². The van der Waals surface area contributed by atoms with Crippen LogP contribution in [-0.2, 0) is 0 Å². The van der Waals surface area contributed by atoms with Crippen molar-refractivity contribution in [2.75, 3.05) is 24.8 Å². The first-order valence-corrected chi connectivity index (χ1v) is 9.61. The Labute approximate surface area is 183 Å². The van der Waals surface area contributed by atoms with Gasteiger partial charge in [0.1, 0.15) is 5.82 Å². The summed E-state index contributed by atoms with van der Waals surface area (Å²) in [5.41, 5.74) is 1.70. The lowest BCUT2D eigenvalue weighted by molar-refractivity contribution is 0.0958. The van der Waals surface area contributed by atoms with Gasteiger partial charge in [0, 0.05) is 26.2 Å². The summed E-state index contributed by atoms with van der Waals surface area (Å²) in [4.78, 5) is 16.6. The number of aromatic nitrogens is 5. The number of aryl methyl sites for hydroxylation is 1. The smallest absolute Gasteiger partial charge is 0.273 e. The molecule has 1 amide bonds. The van der Waals surface area contributed by atoms with Crippen LogP contribution in [0.2, 0.25) is 0 Å². The van der Waals surface area contributed by atoms with Gasteiger partial charge < -0.3 is 25.1 Å². The number of methoxy groups -OCH3 is 1. The first-order valence-electron chi connectivity index (χ1n) is 9.61. The monoisotopic (exact) mass is 432 g/mol. The second kappa shape index (κ2) is 9.08. The van der Waals surface area contributed by atoms with Crippen molar-refractivity contribution in [1.29, 1.82) is 0 Å². The molecule has 4 rings (SSSR count). The van der Waals surface area contributed by atoms with Crippen molar-refractivity contribution in [3.63, 3.8) is 0 Å². The largest absolute Gasteiger partial charge is 0.494 e. The molecule has 3 N–H and O–H groups in total. The van der Waals surface area contributed by atoms with Gasteiger partial charge in [0.05, 0.1) is 24.0 Å². The molecule has 0 aliphatic heterocycles. The minimum atomic E-state index is -0.396. The molecule has 11 nitrogen and oxygen atoms in total. The van der Waals surface area contributed by atoms with E-state index in [0.717, 1.165) is 0 Å². The molecule has 0 radical (unpaired) electrons. The summed E-state index contributed by atoms with van der Waals surface area (Å²) in [5.74, 6) is 1.82. The quantitative estimate of drug-likeness (QED) is 0.399. The molecule has 0 atom stereocenters. The van der Waals surface area contributed by atoms with Crippen LogP contribution in [0, 0.1) is 6.92 Å². The Kier molecular flexibility index (Phi) is 5.88. The molecule has 0 saturated heterocycles. The van der Waals surface area contributed by atoms with Gasteiger partial charge >= 0.3 is 0 Å². The molecule has 162 valence electrons. The molecule has 3 aromatic heterocycles. The van der Waals surface area contributed by atoms with E-state index >= 15 is 0 Å². The van der Waals surface area contributed by atoms with Gasteiger partial charge in [0.2, 0.25) is 5.89 Å². The summed E-state index contributed by atoms with van der Waals surface area (Å²) >= 11 is 0. The maximum absolute atomic E-state index is 12.4. The highest BCUT2D eigenvalue weighted by molar-refractivity contribution is 5.98. The minimum absolute atomic E-state index is 0.111. The van der Waals surface area contributed by atoms with Crippen LogP contribution in [0.15, 0.2) is 53.1 Å². The number of anilines is 4. The topological polar surface area (TPSA) is 140 Å². The molecule has 0 bridgehead atoms. The Morgan fingerprint density at radius 3 is 2.53 bits per heavy atom. The fourth-order valence-electron chi connectivity index (χ4n) is 2.98. The maximum atomic E-state index is 12.4. The third-order valence-corrected chi connectivity index (χ3v) is 4.40. The van der Waals surface area contributed by atoms with Gasteiger partial charge in [-0.25, -0.2) is 4.98 Å². The third-order valence-electron chi connectivity index (χ3n) is 4.40. The van der Waals surface area contributed by atoms with Gasteiger partial charge in [-0.2, -0.15) is 0 Å². The average Bonchev–Trinajstić information content (AvgIpc) is 3.25. The van der Waals surface area contributed by atoms with Crippen LogP contribution >= 0.6 is 0 Å². The van der Waals surface area contributed by atoms with Crippen molar-refractivity contribution in [3.05, 3.63) is 60.2 Å². The van der Waals surface area contributed by atoms with Crippen LogP contribution in [0.3, 0.4) is 0 Å². The zero-order valence-electron chi connectivity index (χ0n) is 17.6. The van der Waals surface area contributed by atoms with Gasteiger partial charge in [-0.1, -0.05) is 12.1 Å². The fourth-order valence-corrected chi connectivity index (χ4v) is 2.98. The predicted molar refractivity (Wildman–Crippen MR) is 117 cm³/mol. The van der Waals surface area contributed by atoms with Crippen molar-refractivity contribution < 1.29 is 13.9 Å². The number of carbonyl (C=O) groups is 1. The number of rotatable bonds is 7. The minimum Gasteiger partial charge on any atom is -0.494 e. The second-order valence-electron chi connectivity index (χ2n) is 6.55. The summed E-state index contributed by atoms with van der Waals surface area (Å²) in [5, 5.41) is 25.0. The summed E-state index contributed by atoms with van der Waals surface area (Å²) < 4.78 is 11.2. The number of amides is 1. The highest BCUT2D eigenvalue weighted by Gasteiger charge is 2.19. The van der Waals surface area contributed by atoms with E-state index in [9.17, 15) is 4.79 Å². The fraction of sp³-hybridized carbons (Fsp3) is 0.143. The van der Waals surface area contributed by atoms with Crippen molar-refractivity contribution in [2.45, 2.75) is 6.92 Å². The molecule has 0 aliphatic carbocycles. The van der Waals surface area contributed by atoms with E-state index in [4.69, 9.17) is 9.15 Å². The summed E-state index contributed by atoms with van der Waals surface area (Å²) in [6, 6.07) is 12.5. The zero-order valence-corrected chi connectivity index (χ0v) is 17.6. The molecule has 0 fully saturated rings. The van der Waals surface area contributed by atoms with Crippen LogP contribution in [0.1, 0.15) is 16.4 Å². The van der Waals surface area contributed by atoms with E-state index in [1.807, 2.05) is 12.1 Å². The number of carbonyl (C=O) groups excluding carboxylic acids is 1. The molecule has 11 heteroatoms. The number of hydrogen-bond donors (Lipinski definition) is 3. The van der Waals surface area contributed by atoms with Gasteiger partial charge in [0.15, 0.2) is 17.3 Å². The third kappa shape index (κ3) is 4.31. The highest BCUT2D eigenvalue weighted by Crippen LogP contribution is 2.37. The van der Waals surface area contributed by atoms with Crippen LogP contribution in [0.5, 0.6) is 5.75 Å². The molecule has 4 aromatic rings. The Bertz CT molecular complexity index is 1240. The number of pyridine rings is 1. The molecule has 0 aliphatic rings. The molecule has 0 unspecified atom stereocenters. The average molecular weight is 432 g/mol. The summed E-state index contributed by atoms with van der Waals surface area (Å²) in [7, 11) is 3.05. The number of hydrogen-bond acceptors (Lipinski definition) is 10. The number of para-hydroxylation sites is 1. The number of nitrogens with zero attached hydrogens (tertiary/aromatic N) is 5. The molecule has 1 aromatic carbocycles. The second-order valence-corrected chi connectivity index (χ2v) is 6.55. The van der Waals surface area contributed by atoms with E-state index in [1.165, 1.54) is 14.2 Å². The van der Waals surface area contributed by atoms with Gasteiger partial charge in [-0.3, -0.25) is 4.79 Å². The molecular formula is C21H20N8O3. The lowest BCUT2D eigenvalue weighted by Gasteiger charge is -2.16. The number of benzene rings is 1. The van der Waals surface area contributed by atoms with Crippen molar-refractivity contribution >= 4 is 28.9 Å². The Morgan fingerprint density at radius 2 is 1.84 bits per heavy atom. The SMILES string of the molecule is CNC(=O)c1nnc(Nc2ccccn2)cc1Nc1cccc(-c2nnc(C)o2)c1OC. The lowest BCUT2D eigenvalue weighted by Crippen LogP contribution is -2.21. The predicted octanol–water partition coefficient (Wildman–Crippen LogP) is 3.09. The van der Waals surface area contributed by atoms with E-state index in [-0.39, 0.29) is 5.69 Å². The summed E-state index contributed by atoms with van der Waals surface area (Å²) in [6.45, 7) is 1.71. The van der Waals surface area contributed by atoms with Crippen LogP contribution in [0.4, 0.5) is 23.0 Å². The molecule has 0 spiro atoms. The van der Waals surface area contributed by atoms with Gasteiger partial charge in [0.25, 0.3) is 11.8 Å². The molecule has 0 saturated carbocycles. The Balaban J connectivity index is 1.74. The van der Waals surface area contributed by atoms with Crippen molar-refractivity contribution in [1.82, 2.24) is 30.7 Å². The molecular weight excluding hydrogens is 412 g/mol. The normalized spacial score (nSPS) is 10.5. The number of ether oxygens (including phenoxy) is 1. The van der Waals surface area contributed by atoms with Crippen LogP contribution < -0.4 is 20.7 Å². The van der Waals surface area contributed by atoms with E-state index in [1.54, 1.807) is 43.5 Å². The zero-order chi connectivity index (χ0) is 22.5. The Hall–Kier alpha value is -4.54. The summed E-state index contributed by atoms with van der Waals surface area (Å²) in [6.07, 6.45) is 1.66. The number of nitrogens with one attached hydrogen (secondary N) is 3. The molecule has 32 heavy (non-hydrogen) atoms. The van der Waals surface area contributed by atoms with Crippen molar-refractivity contribution in [2.24, 2.45) is 0 Å². The first-order chi connectivity index (χ1) is 15.6. The lowest BCUT2D eigenvalue weighted by atomic mass is 10.1. The maximum Gasteiger partial charge on any atom is 0.273 e. The van der Waals surface area contributed by atoms with Crippen molar-refractivity contribution in [3.8, 4) is 17.2 Å². The van der Waals surface area contributed by atoms with Gasteiger partial charge in [-0.05, 0) is 24.3 Å².